The zero-order chi connectivity index (χ0) is 19.5. The molecule has 0 aliphatic rings. The van der Waals surface area contributed by atoms with Crippen LogP contribution in [0.1, 0.15) is 0 Å². The lowest BCUT2D eigenvalue weighted by atomic mass is 10.3. The van der Waals surface area contributed by atoms with Gasteiger partial charge in [0.2, 0.25) is 5.91 Å². The molecule has 2 aromatic carbocycles. The van der Waals surface area contributed by atoms with E-state index in [0.717, 1.165) is 11.1 Å². The van der Waals surface area contributed by atoms with E-state index in [4.69, 9.17) is 11.6 Å². The van der Waals surface area contributed by atoms with Crippen LogP contribution in [0.15, 0.2) is 66.1 Å². The van der Waals surface area contributed by atoms with Gasteiger partial charge in [0.05, 0.1) is 23.0 Å². The molecule has 140 valence electrons. The number of hydrogen-bond acceptors (Lipinski definition) is 5. The summed E-state index contributed by atoms with van der Waals surface area (Å²) in [5.74, 6) is -0.542. The van der Waals surface area contributed by atoms with Crippen LogP contribution >= 0.6 is 23.4 Å². The number of nitrogens with one attached hydrogen (secondary N) is 1. The number of carbonyl (C=O) groups is 1. The summed E-state index contributed by atoms with van der Waals surface area (Å²) in [5, 5.41) is 9.05. The van der Waals surface area contributed by atoms with Crippen LogP contribution in [-0.2, 0) is 4.79 Å². The monoisotopic (exact) mass is 413 g/mol. The molecule has 4 rings (SSSR count). The number of benzene rings is 2. The number of thioether (sulfide) groups is 1. The molecular weight excluding hydrogens is 401 g/mol. The smallest absolute Gasteiger partial charge is 0.234 e. The Hall–Kier alpha value is -2.97. The van der Waals surface area contributed by atoms with Crippen molar-refractivity contribution in [2.75, 3.05) is 11.1 Å². The number of rotatable bonds is 5. The normalized spacial score (nSPS) is 10.9. The van der Waals surface area contributed by atoms with E-state index >= 15 is 0 Å². The van der Waals surface area contributed by atoms with Crippen LogP contribution in [-0.4, -0.2) is 31.4 Å². The Balaban J connectivity index is 1.51. The molecule has 2 heterocycles. The number of nitrogens with zero attached hydrogens (tertiary/aromatic N) is 4. The van der Waals surface area contributed by atoms with Crippen molar-refractivity contribution in [3.05, 3.63) is 71.9 Å². The molecule has 0 fully saturated rings. The number of halogens is 2. The molecule has 0 aliphatic carbocycles. The van der Waals surface area contributed by atoms with Crippen LogP contribution < -0.4 is 5.32 Å². The van der Waals surface area contributed by atoms with Crippen LogP contribution in [0.3, 0.4) is 0 Å². The average molecular weight is 414 g/mol. The molecule has 0 saturated heterocycles. The zero-order valence-corrected chi connectivity index (χ0v) is 15.9. The van der Waals surface area contributed by atoms with Gasteiger partial charge in [-0.1, -0.05) is 29.4 Å². The second-order valence-electron chi connectivity index (χ2n) is 5.80. The summed E-state index contributed by atoms with van der Waals surface area (Å²) >= 11 is 7.20. The molecule has 1 amide bonds. The minimum absolute atomic E-state index is 0.120. The number of fused-ring (bicyclic) bond motifs is 1. The third kappa shape index (κ3) is 3.97. The van der Waals surface area contributed by atoms with E-state index in [1.54, 1.807) is 29.1 Å². The number of aromatic nitrogens is 4. The van der Waals surface area contributed by atoms with Gasteiger partial charge in [0.25, 0.3) is 0 Å². The average Bonchev–Trinajstić information content (AvgIpc) is 3.12. The Morgan fingerprint density at radius 1 is 1.18 bits per heavy atom. The highest BCUT2D eigenvalue weighted by Gasteiger charge is 2.13. The Morgan fingerprint density at radius 3 is 2.79 bits per heavy atom. The number of carbonyl (C=O) groups excluding carboxylic acids is 1. The van der Waals surface area contributed by atoms with Crippen molar-refractivity contribution in [2.24, 2.45) is 0 Å². The van der Waals surface area contributed by atoms with Gasteiger partial charge < -0.3 is 5.32 Å². The first-order valence-electron chi connectivity index (χ1n) is 8.23. The van der Waals surface area contributed by atoms with Crippen LogP contribution in [0.25, 0.3) is 16.7 Å². The van der Waals surface area contributed by atoms with Gasteiger partial charge in [-0.3, -0.25) is 4.79 Å². The van der Waals surface area contributed by atoms with Gasteiger partial charge >= 0.3 is 0 Å². The maximum absolute atomic E-state index is 13.2. The van der Waals surface area contributed by atoms with E-state index in [1.807, 2.05) is 12.1 Å². The molecule has 9 heteroatoms. The van der Waals surface area contributed by atoms with Crippen LogP contribution in [0, 0.1) is 5.82 Å². The fourth-order valence-corrected chi connectivity index (χ4v) is 3.49. The van der Waals surface area contributed by atoms with Gasteiger partial charge in [0, 0.05) is 10.7 Å². The number of amides is 1. The summed E-state index contributed by atoms with van der Waals surface area (Å²) in [6.07, 6.45) is 3.10. The van der Waals surface area contributed by atoms with E-state index in [-0.39, 0.29) is 11.7 Å². The van der Waals surface area contributed by atoms with Crippen molar-refractivity contribution in [1.82, 2.24) is 19.7 Å². The molecule has 6 nitrogen and oxygen atoms in total. The Kier molecular flexibility index (Phi) is 5.23. The maximum Gasteiger partial charge on any atom is 0.234 e. The third-order valence-electron chi connectivity index (χ3n) is 3.85. The van der Waals surface area contributed by atoms with E-state index in [0.29, 0.717) is 21.4 Å². The lowest BCUT2D eigenvalue weighted by molar-refractivity contribution is -0.113. The minimum Gasteiger partial charge on any atom is -0.325 e. The Labute approximate surface area is 168 Å². The van der Waals surface area contributed by atoms with E-state index in [9.17, 15) is 9.18 Å². The van der Waals surface area contributed by atoms with Gasteiger partial charge in [0.15, 0.2) is 5.65 Å². The second-order valence-corrected chi connectivity index (χ2v) is 7.20. The Bertz CT molecular complexity index is 1150. The highest BCUT2D eigenvalue weighted by atomic mass is 35.5. The quantitative estimate of drug-likeness (QED) is 0.389. The highest BCUT2D eigenvalue weighted by molar-refractivity contribution is 8.00. The van der Waals surface area contributed by atoms with E-state index < -0.39 is 5.82 Å². The number of hydrogen-bond donors (Lipinski definition) is 1. The van der Waals surface area contributed by atoms with Crippen LogP contribution in [0.2, 0.25) is 5.02 Å². The molecule has 0 aliphatic heterocycles. The van der Waals surface area contributed by atoms with Crippen molar-refractivity contribution < 1.29 is 9.18 Å². The van der Waals surface area contributed by atoms with Crippen molar-refractivity contribution in [2.45, 2.75) is 5.03 Å². The summed E-state index contributed by atoms with van der Waals surface area (Å²) in [6.45, 7) is 0. The fraction of sp³-hybridized carbons (Fsp3) is 0.0526. The van der Waals surface area contributed by atoms with Crippen LogP contribution in [0.4, 0.5) is 10.1 Å². The lowest BCUT2D eigenvalue weighted by Crippen LogP contribution is -2.14. The molecule has 2 aromatic heterocycles. The molecule has 0 radical (unpaired) electrons. The summed E-state index contributed by atoms with van der Waals surface area (Å²) in [7, 11) is 0. The second kappa shape index (κ2) is 7.95. The number of anilines is 1. The van der Waals surface area contributed by atoms with Gasteiger partial charge in [-0.25, -0.2) is 19.0 Å². The van der Waals surface area contributed by atoms with Crippen molar-refractivity contribution in [3.63, 3.8) is 0 Å². The first-order valence-corrected chi connectivity index (χ1v) is 9.59. The van der Waals surface area contributed by atoms with E-state index in [1.165, 1.54) is 36.3 Å². The highest BCUT2D eigenvalue weighted by Crippen LogP contribution is 2.26. The zero-order valence-electron chi connectivity index (χ0n) is 14.3. The SMILES string of the molecule is O=C(CSc1ncnc2c1cnn2-c1ccc(Cl)cc1)Nc1cccc(F)c1. The van der Waals surface area contributed by atoms with Crippen molar-refractivity contribution in [3.8, 4) is 5.69 Å². The summed E-state index contributed by atoms with van der Waals surface area (Å²) in [5.41, 5.74) is 1.86. The standard InChI is InChI=1S/C19H13ClFN5OS/c20-12-4-6-15(7-5-12)26-18-16(9-24-26)19(23-11-22-18)28-10-17(27)25-14-3-1-2-13(21)8-14/h1-9,11H,10H2,(H,25,27). The van der Waals surface area contributed by atoms with Gasteiger partial charge in [-0.2, -0.15) is 5.10 Å². The molecule has 4 aromatic rings. The molecule has 0 saturated carbocycles. The third-order valence-corrected chi connectivity index (χ3v) is 5.11. The summed E-state index contributed by atoms with van der Waals surface area (Å²) in [6, 6.07) is 13.0. The predicted molar refractivity (Wildman–Crippen MR) is 107 cm³/mol. The first kappa shape index (κ1) is 18.4. The van der Waals surface area contributed by atoms with Crippen LogP contribution in [0.5, 0.6) is 0 Å². The Morgan fingerprint density at radius 2 is 2.00 bits per heavy atom. The van der Waals surface area contributed by atoms with Crippen molar-refractivity contribution >= 4 is 46.0 Å². The predicted octanol–water partition coefficient (Wildman–Crippen LogP) is 4.34. The molecule has 0 spiro atoms. The minimum atomic E-state index is -0.405. The molecule has 0 unspecified atom stereocenters. The maximum atomic E-state index is 13.2. The van der Waals surface area contributed by atoms with Crippen molar-refractivity contribution in [1.29, 1.82) is 0 Å². The lowest BCUT2D eigenvalue weighted by Gasteiger charge is -2.06. The molecule has 0 atom stereocenters. The molecule has 28 heavy (non-hydrogen) atoms. The largest absolute Gasteiger partial charge is 0.325 e. The van der Waals surface area contributed by atoms with Gasteiger partial charge in [-0.15, -0.1) is 0 Å². The molecule has 1 N–H and O–H groups in total. The fourth-order valence-electron chi connectivity index (χ4n) is 2.61. The molecular formula is C19H13ClFN5OS. The summed E-state index contributed by atoms with van der Waals surface area (Å²) in [4.78, 5) is 20.7. The summed E-state index contributed by atoms with van der Waals surface area (Å²) < 4.78 is 14.9. The van der Waals surface area contributed by atoms with E-state index in [2.05, 4.69) is 20.4 Å². The molecule has 0 bridgehead atoms. The topological polar surface area (TPSA) is 72.7 Å². The first-order chi connectivity index (χ1) is 13.6. The van der Waals surface area contributed by atoms with Gasteiger partial charge in [-0.05, 0) is 42.5 Å². The van der Waals surface area contributed by atoms with Gasteiger partial charge in [0.1, 0.15) is 17.2 Å².